The third kappa shape index (κ3) is 3.49. The van der Waals surface area contributed by atoms with Crippen LogP contribution in [-0.2, 0) is 6.42 Å². The Bertz CT molecular complexity index is 659. The van der Waals surface area contributed by atoms with Crippen LogP contribution in [0.1, 0.15) is 22.4 Å². The number of hydrogen-bond donors (Lipinski definition) is 1. The van der Waals surface area contributed by atoms with Crippen LogP contribution in [0.25, 0.3) is 0 Å². The van der Waals surface area contributed by atoms with Crippen molar-refractivity contribution >= 4 is 17.4 Å². The first-order valence-corrected chi connectivity index (χ1v) is 6.84. The fourth-order valence-corrected chi connectivity index (χ4v) is 2.34. The van der Waals surface area contributed by atoms with Crippen LogP contribution in [0.3, 0.4) is 0 Å². The number of halogens is 1. The van der Waals surface area contributed by atoms with Crippen LogP contribution in [-0.4, -0.2) is 11.5 Å². The van der Waals surface area contributed by atoms with Crippen molar-refractivity contribution in [1.29, 1.82) is 5.26 Å². The zero-order valence-electron chi connectivity index (χ0n) is 11.6. The summed E-state index contributed by atoms with van der Waals surface area (Å²) in [5, 5.41) is 13.2. The van der Waals surface area contributed by atoms with E-state index in [1.165, 1.54) is 0 Å². The Hall–Kier alpha value is -2.05. The number of benzene rings is 1. The van der Waals surface area contributed by atoms with Crippen LogP contribution in [0.4, 0.5) is 5.82 Å². The predicted molar refractivity (Wildman–Crippen MR) is 82.1 cm³/mol. The zero-order chi connectivity index (χ0) is 14.5. The van der Waals surface area contributed by atoms with Crippen LogP contribution >= 0.6 is 11.6 Å². The Labute approximate surface area is 124 Å². The van der Waals surface area contributed by atoms with Crippen LogP contribution in [0.5, 0.6) is 0 Å². The van der Waals surface area contributed by atoms with Crippen LogP contribution < -0.4 is 5.32 Å². The number of aryl methyl sites for hydroxylation is 2. The first-order valence-electron chi connectivity index (χ1n) is 6.47. The molecule has 0 radical (unpaired) electrons. The molecular formula is C16H16ClN3. The quantitative estimate of drug-likeness (QED) is 0.927. The Morgan fingerprint density at radius 3 is 2.80 bits per heavy atom. The zero-order valence-corrected chi connectivity index (χ0v) is 12.3. The van der Waals surface area contributed by atoms with Crippen molar-refractivity contribution in [2.24, 2.45) is 0 Å². The molecule has 0 atom stereocenters. The molecule has 3 nitrogen and oxygen atoms in total. The second kappa shape index (κ2) is 6.40. The average Bonchev–Trinajstić information content (AvgIpc) is 2.38. The molecule has 0 aliphatic heterocycles. The molecule has 0 unspecified atom stereocenters. The second-order valence-electron chi connectivity index (χ2n) is 4.72. The summed E-state index contributed by atoms with van der Waals surface area (Å²) in [5.41, 5.74) is 3.63. The largest absolute Gasteiger partial charge is 0.369 e. The molecular weight excluding hydrogens is 270 g/mol. The summed E-state index contributed by atoms with van der Waals surface area (Å²) in [7, 11) is 0. The molecule has 1 N–H and O–H groups in total. The Balaban J connectivity index is 2.06. The van der Waals surface area contributed by atoms with Gasteiger partial charge in [0.1, 0.15) is 11.9 Å². The lowest BCUT2D eigenvalue weighted by Crippen LogP contribution is -2.09. The number of hydrogen-bond acceptors (Lipinski definition) is 3. The van der Waals surface area contributed by atoms with Gasteiger partial charge in [-0.15, -0.1) is 0 Å². The second-order valence-corrected chi connectivity index (χ2v) is 5.16. The number of anilines is 1. The highest BCUT2D eigenvalue weighted by atomic mass is 35.5. The van der Waals surface area contributed by atoms with Gasteiger partial charge in [0.05, 0.1) is 5.56 Å². The highest BCUT2D eigenvalue weighted by Crippen LogP contribution is 2.18. The number of nitrogens with zero attached hydrogens (tertiary/aromatic N) is 2. The highest BCUT2D eigenvalue weighted by Gasteiger charge is 2.07. The molecule has 0 saturated carbocycles. The van der Waals surface area contributed by atoms with E-state index in [0.29, 0.717) is 17.9 Å². The molecule has 0 aliphatic carbocycles. The molecule has 1 heterocycles. The van der Waals surface area contributed by atoms with Gasteiger partial charge in [-0.1, -0.05) is 23.7 Å². The fourth-order valence-electron chi connectivity index (χ4n) is 2.12. The van der Waals surface area contributed by atoms with Crippen LogP contribution in [0.15, 0.2) is 30.3 Å². The summed E-state index contributed by atoms with van der Waals surface area (Å²) in [6.45, 7) is 4.57. The predicted octanol–water partition coefficient (Wildman–Crippen LogP) is 3.88. The molecule has 0 amide bonds. The topological polar surface area (TPSA) is 48.7 Å². The van der Waals surface area contributed by atoms with E-state index in [1.54, 1.807) is 0 Å². The molecule has 102 valence electrons. The van der Waals surface area contributed by atoms with E-state index in [4.69, 9.17) is 11.6 Å². The van der Waals surface area contributed by atoms with E-state index in [0.717, 1.165) is 28.3 Å². The van der Waals surface area contributed by atoms with Crippen LogP contribution in [0, 0.1) is 25.2 Å². The molecule has 20 heavy (non-hydrogen) atoms. The maximum absolute atomic E-state index is 9.20. The van der Waals surface area contributed by atoms with E-state index in [9.17, 15) is 5.26 Å². The Morgan fingerprint density at radius 1 is 1.30 bits per heavy atom. The normalized spacial score (nSPS) is 10.1. The molecule has 0 bridgehead atoms. The van der Waals surface area contributed by atoms with Crippen molar-refractivity contribution in [2.75, 3.05) is 11.9 Å². The van der Waals surface area contributed by atoms with Gasteiger partial charge in [0, 0.05) is 17.3 Å². The van der Waals surface area contributed by atoms with Gasteiger partial charge in [0.15, 0.2) is 0 Å². The monoisotopic (exact) mass is 285 g/mol. The van der Waals surface area contributed by atoms with Gasteiger partial charge in [0.25, 0.3) is 0 Å². The van der Waals surface area contributed by atoms with Gasteiger partial charge >= 0.3 is 0 Å². The average molecular weight is 286 g/mol. The van der Waals surface area contributed by atoms with Crippen molar-refractivity contribution in [2.45, 2.75) is 20.3 Å². The summed E-state index contributed by atoms with van der Waals surface area (Å²) in [6, 6.07) is 11.9. The highest BCUT2D eigenvalue weighted by molar-refractivity contribution is 6.30. The van der Waals surface area contributed by atoms with E-state index in [1.807, 2.05) is 44.2 Å². The summed E-state index contributed by atoms with van der Waals surface area (Å²) < 4.78 is 0. The van der Waals surface area contributed by atoms with Crippen LogP contribution in [0.2, 0.25) is 5.02 Å². The van der Waals surface area contributed by atoms with E-state index < -0.39 is 0 Å². The van der Waals surface area contributed by atoms with Gasteiger partial charge in [-0.25, -0.2) is 4.98 Å². The molecule has 0 fully saturated rings. The molecule has 0 spiro atoms. The minimum atomic E-state index is 0.613. The maximum Gasteiger partial charge on any atom is 0.144 e. The number of nitrogens with one attached hydrogen (secondary N) is 1. The molecule has 2 aromatic rings. The van der Waals surface area contributed by atoms with Gasteiger partial charge in [-0.2, -0.15) is 5.26 Å². The first-order chi connectivity index (χ1) is 9.60. The maximum atomic E-state index is 9.20. The lowest BCUT2D eigenvalue weighted by Gasteiger charge is -2.10. The SMILES string of the molecule is Cc1cc(C)c(C#N)c(NCCc2cccc(Cl)c2)n1. The number of aromatic nitrogens is 1. The number of rotatable bonds is 4. The number of nitriles is 1. The van der Waals surface area contributed by atoms with Gasteiger partial charge in [-0.05, 0) is 49.6 Å². The van der Waals surface area contributed by atoms with Crippen molar-refractivity contribution < 1.29 is 0 Å². The Kier molecular flexibility index (Phi) is 4.60. The van der Waals surface area contributed by atoms with Gasteiger partial charge in [-0.3, -0.25) is 0 Å². The molecule has 0 aliphatic rings. The summed E-state index contributed by atoms with van der Waals surface area (Å²) in [4.78, 5) is 4.39. The minimum Gasteiger partial charge on any atom is -0.369 e. The standard InChI is InChI=1S/C16H16ClN3/c1-11-8-12(2)20-16(15(11)10-18)19-7-6-13-4-3-5-14(17)9-13/h3-5,8-9H,6-7H2,1-2H3,(H,19,20). The Morgan fingerprint density at radius 2 is 2.10 bits per heavy atom. The first kappa shape index (κ1) is 14.4. The molecule has 2 rings (SSSR count). The third-order valence-electron chi connectivity index (χ3n) is 3.05. The summed E-state index contributed by atoms with van der Waals surface area (Å²) >= 11 is 5.95. The van der Waals surface area contributed by atoms with Gasteiger partial charge < -0.3 is 5.32 Å². The van der Waals surface area contributed by atoms with Crippen molar-refractivity contribution in [3.63, 3.8) is 0 Å². The lowest BCUT2D eigenvalue weighted by molar-refractivity contribution is 0.996. The smallest absolute Gasteiger partial charge is 0.144 e. The summed E-state index contributed by atoms with van der Waals surface area (Å²) in [5.74, 6) is 0.659. The van der Waals surface area contributed by atoms with Crippen molar-refractivity contribution in [1.82, 2.24) is 4.98 Å². The molecule has 0 saturated heterocycles. The fraction of sp³-hybridized carbons (Fsp3) is 0.250. The third-order valence-corrected chi connectivity index (χ3v) is 3.29. The molecule has 1 aromatic heterocycles. The lowest BCUT2D eigenvalue weighted by atomic mass is 10.1. The van der Waals surface area contributed by atoms with E-state index in [2.05, 4.69) is 16.4 Å². The molecule has 4 heteroatoms. The van der Waals surface area contributed by atoms with Crippen molar-refractivity contribution in [3.05, 3.63) is 57.7 Å². The molecule has 1 aromatic carbocycles. The van der Waals surface area contributed by atoms with E-state index in [-0.39, 0.29) is 0 Å². The van der Waals surface area contributed by atoms with Crippen molar-refractivity contribution in [3.8, 4) is 6.07 Å². The minimum absolute atomic E-state index is 0.613. The van der Waals surface area contributed by atoms with Gasteiger partial charge in [0.2, 0.25) is 0 Å². The van der Waals surface area contributed by atoms with E-state index >= 15 is 0 Å². The summed E-state index contributed by atoms with van der Waals surface area (Å²) in [6.07, 6.45) is 0.833. The number of pyridine rings is 1.